The molecule has 0 amide bonds. The first-order valence-electron chi connectivity index (χ1n) is 5.25. The Morgan fingerprint density at radius 2 is 1.39 bits per heavy atom. The summed E-state index contributed by atoms with van der Waals surface area (Å²) in [5, 5.41) is 2.30. The minimum atomic E-state index is -2.15. The van der Waals surface area contributed by atoms with E-state index in [9.17, 15) is 22.0 Å². The third-order valence-corrected chi connectivity index (χ3v) is 3.32. The summed E-state index contributed by atoms with van der Waals surface area (Å²) in [5.41, 5.74) is -0.976. The van der Waals surface area contributed by atoms with Crippen LogP contribution < -0.4 is 5.32 Å². The number of rotatable bonds is 5. The summed E-state index contributed by atoms with van der Waals surface area (Å²) in [6.45, 7) is 3.50. The summed E-state index contributed by atoms with van der Waals surface area (Å²) in [6.07, 6.45) is 0. The summed E-state index contributed by atoms with van der Waals surface area (Å²) in [6, 6.07) is -0.414. The van der Waals surface area contributed by atoms with Crippen LogP contribution in [0.1, 0.15) is 13.8 Å². The van der Waals surface area contributed by atoms with E-state index in [4.69, 9.17) is 0 Å². The molecule has 102 valence electrons. The van der Waals surface area contributed by atoms with Crippen molar-refractivity contribution in [2.45, 2.75) is 19.9 Å². The monoisotopic (exact) mass is 285 g/mol. The van der Waals surface area contributed by atoms with Gasteiger partial charge in [-0.3, -0.25) is 0 Å². The third kappa shape index (κ3) is 3.07. The molecular formula is C11H12F5NS. The quantitative estimate of drug-likeness (QED) is 0.499. The molecule has 0 saturated carbocycles. The van der Waals surface area contributed by atoms with Gasteiger partial charge in [0.25, 0.3) is 0 Å². The number of halogens is 5. The number of hydrogen-bond donors (Lipinski definition) is 1. The van der Waals surface area contributed by atoms with Crippen LogP contribution in [0.15, 0.2) is 0 Å². The van der Waals surface area contributed by atoms with Crippen molar-refractivity contribution in [3.8, 4) is 0 Å². The van der Waals surface area contributed by atoms with Crippen LogP contribution >= 0.6 is 11.8 Å². The average Bonchev–Trinajstić information content (AvgIpc) is 2.36. The van der Waals surface area contributed by atoms with Crippen LogP contribution in [0.5, 0.6) is 0 Å². The molecule has 0 heterocycles. The van der Waals surface area contributed by atoms with E-state index in [1.54, 1.807) is 6.92 Å². The molecule has 0 aliphatic rings. The van der Waals surface area contributed by atoms with Crippen LogP contribution in [0, 0.1) is 29.1 Å². The van der Waals surface area contributed by atoms with E-state index < -0.39 is 40.8 Å². The van der Waals surface area contributed by atoms with E-state index in [0.29, 0.717) is 5.75 Å². The molecule has 0 aromatic heterocycles. The molecule has 0 radical (unpaired) electrons. The molecule has 1 nitrogen and oxygen atoms in total. The molecule has 1 atom stereocenters. The molecule has 1 unspecified atom stereocenters. The molecule has 0 bridgehead atoms. The molecule has 0 aliphatic heterocycles. The average molecular weight is 285 g/mol. The molecule has 18 heavy (non-hydrogen) atoms. The van der Waals surface area contributed by atoms with Gasteiger partial charge >= 0.3 is 0 Å². The van der Waals surface area contributed by atoms with Gasteiger partial charge in [-0.2, -0.15) is 11.8 Å². The summed E-state index contributed by atoms with van der Waals surface area (Å²) < 4.78 is 65.2. The van der Waals surface area contributed by atoms with E-state index in [1.807, 2.05) is 6.92 Å². The lowest BCUT2D eigenvalue weighted by atomic mass is 10.2. The van der Waals surface area contributed by atoms with Crippen LogP contribution in [0.3, 0.4) is 0 Å². The van der Waals surface area contributed by atoms with Crippen molar-refractivity contribution in [1.82, 2.24) is 0 Å². The molecule has 0 spiro atoms. The van der Waals surface area contributed by atoms with E-state index >= 15 is 0 Å². The summed E-state index contributed by atoms with van der Waals surface area (Å²) >= 11 is 1.49. The molecule has 1 N–H and O–H groups in total. The second-order valence-corrected chi connectivity index (χ2v) is 4.97. The predicted molar refractivity (Wildman–Crippen MR) is 62.3 cm³/mol. The molecular weight excluding hydrogens is 273 g/mol. The molecule has 0 aliphatic carbocycles. The fraction of sp³-hybridized carbons (Fsp3) is 0.455. The highest BCUT2D eigenvalue weighted by molar-refractivity contribution is 7.99. The molecule has 1 rings (SSSR count). The van der Waals surface area contributed by atoms with Gasteiger partial charge in [0.1, 0.15) is 5.69 Å². The first-order chi connectivity index (χ1) is 8.40. The van der Waals surface area contributed by atoms with Gasteiger partial charge in [0.05, 0.1) is 0 Å². The van der Waals surface area contributed by atoms with Crippen molar-refractivity contribution in [2.75, 3.05) is 16.8 Å². The third-order valence-electron chi connectivity index (χ3n) is 2.17. The maximum Gasteiger partial charge on any atom is 0.200 e. The smallest absolute Gasteiger partial charge is 0.200 e. The minimum absolute atomic E-state index is 0.414. The Labute approximate surface area is 106 Å². The van der Waals surface area contributed by atoms with Gasteiger partial charge in [0.2, 0.25) is 5.82 Å². The first kappa shape index (κ1) is 15.1. The molecule has 0 fully saturated rings. The highest BCUT2D eigenvalue weighted by Crippen LogP contribution is 2.27. The zero-order chi connectivity index (χ0) is 13.9. The Bertz CT molecular complexity index is 409. The maximum absolute atomic E-state index is 13.3. The van der Waals surface area contributed by atoms with Crippen LogP contribution in [-0.2, 0) is 0 Å². The Kier molecular flexibility index (Phi) is 5.25. The molecule has 1 aromatic rings. The zero-order valence-corrected chi connectivity index (χ0v) is 10.6. The van der Waals surface area contributed by atoms with Crippen molar-refractivity contribution < 1.29 is 22.0 Å². The lowest BCUT2D eigenvalue weighted by Gasteiger charge is -2.16. The van der Waals surface area contributed by atoms with Crippen molar-refractivity contribution >= 4 is 17.4 Å². The van der Waals surface area contributed by atoms with Crippen molar-refractivity contribution in [3.05, 3.63) is 29.1 Å². The second kappa shape index (κ2) is 6.26. The zero-order valence-electron chi connectivity index (χ0n) is 9.79. The van der Waals surface area contributed by atoms with E-state index in [1.165, 1.54) is 11.8 Å². The second-order valence-electron chi connectivity index (χ2n) is 3.65. The normalized spacial score (nSPS) is 12.6. The highest BCUT2D eigenvalue weighted by atomic mass is 32.2. The van der Waals surface area contributed by atoms with Gasteiger partial charge in [-0.25, -0.2) is 22.0 Å². The minimum Gasteiger partial charge on any atom is -0.377 e. The number of anilines is 1. The van der Waals surface area contributed by atoms with E-state index in [-0.39, 0.29) is 0 Å². The van der Waals surface area contributed by atoms with Gasteiger partial charge in [-0.1, -0.05) is 6.92 Å². The van der Waals surface area contributed by atoms with E-state index in [2.05, 4.69) is 5.32 Å². The van der Waals surface area contributed by atoms with Gasteiger partial charge in [0.15, 0.2) is 23.3 Å². The number of thioether (sulfide) groups is 1. The molecule has 0 saturated heterocycles. The lowest BCUT2D eigenvalue weighted by molar-refractivity contribution is 0.381. The predicted octanol–water partition coefficient (Wildman–Crippen LogP) is 3.94. The van der Waals surface area contributed by atoms with Crippen molar-refractivity contribution in [3.63, 3.8) is 0 Å². The van der Waals surface area contributed by atoms with Gasteiger partial charge in [0, 0.05) is 11.8 Å². The van der Waals surface area contributed by atoms with Gasteiger partial charge < -0.3 is 5.32 Å². The first-order valence-corrected chi connectivity index (χ1v) is 6.41. The van der Waals surface area contributed by atoms with Crippen LogP contribution in [-0.4, -0.2) is 17.5 Å². The topological polar surface area (TPSA) is 12.0 Å². The van der Waals surface area contributed by atoms with Crippen LogP contribution in [0.25, 0.3) is 0 Å². The largest absolute Gasteiger partial charge is 0.377 e. The molecule has 7 heteroatoms. The van der Waals surface area contributed by atoms with Gasteiger partial charge in [-0.15, -0.1) is 0 Å². The Morgan fingerprint density at radius 3 is 1.83 bits per heavy atom. The summed E-state index contributed by atoms with van der Waals surface area (Å²) in [4.78, 5) is 0. The number of hydrogen-bond acceptors (Lipinski definition) is 2. The fourth-order valence-corrected chi connectivity index (χ4v) is 1.99. The highest BCUT2D eigenvalue weighted by Gasteiger charge is 2.26. The van der Waals surface area contributed by atoms with Crippen molar-refractivity contribution in [1.29, 1.82) is 0 Å². The van der Waals surface area contributed by atoms with Crippen LogP contribution in [0.4, 0.5) is 27.6 Å². The fourth-order valence-electron chi connectivity index (χ4n) is 1.31. The standard InChI is InChI=1S/C11H12F5NS/c1-3-18-4-5(2)17-11-9(15)7(13)6(12)8(14)10(11)16/h5,17H,3-4H2,1-2H3. The van der Waals surface area contributed by atoms with Crippen LogP contribution in [0.2, 0.25) is 0 Å². The maximum atomic E-state index is 13.3. The number of benzene rings is 1. The van der Waals surface area contributed by atoms with E-state index in [0.717, 1.165) is 5.75 Å². The lowest BCUT2D eigenvalue weighted by Crippen LogP contribution is -2.21. The van der Waals surface area contributed by atoms with Gasteiger partial charge in [-0.05, 0) is 12.7 Å². The number of nitrogens with one attached hydrogen (secondary N) is 1. The summed E-state index contributed by atoms with van der Waals surface area (Å²) in [7, 11) is 0. The summed E-state index contributed by atoms with van der Waals surface area (Å²) in [5.74, 6) is -8.40. The Hall–Kier alpha value is -0.980. The Morgan fingerprint density at radius 1 is 0.944 bits per heavy atom. The Balaban J connectivity index is 3.02. The SMILES string of the molecule is CCSCC(C)Nc1c(F)c(F)c(F)c(F)c1F. The molecule has 1 aromatic carbocycles. The van der Waals surface area contributed by atoms with Crippen molar-refractivity contribution in [2.24, 2.45) is 0 Å².